The van der Waals surface area contributed by atoms with Crippen molar-refractivity contribution in [1.29, 1.82) is 0 Å². The Morgan fingerprint density at radius 1 is 1.47 bits per heavy atom. The molecule has 5 heteroatoms. The zero-order valence-corrected chi connectivity index (χ0v) is 12.1. The number of nitrogens with two attached hydrogens (primary N) is 1. The lowest BCUT2D eigenvalue weighted by molar-refractivity contribution is 0.0648. The van der Waals surface area contributed by atoms with Crippen LogP contribution in [0.15, 0.2) is 6.07 Å². The Labute approximate surface area is 114 Å². The fourth-order valence-corrected chi connectivity index (χ4v) is 2.78. The molecule has 1 aliphatic heterocycles. The van der Waals surface area contributed by atoms with Gasteiger partial charge in [0.05, 0.1) is 5.69 Å². The summed E-state index contributed by atoms with van der Waals surface area (Å²) in [5.74, 6) is 0.535. The molecule has 2 atom stereocenters. The highest BCUT2D eigenvalue weighted by Gasteiger charge is 2.28. The van der Waals surface area contributed by atoms with Crippen molar-refractivity contribution >= 4 is 5.91 Å². The Morgan fingerprint density at radius 3 is 2.79 bits per heavy atom. The molecule has 2 unspecified atom stereocenters. The van der Waals surface area contributed by atoms with Gasteiger partial charge in [0.15, 0.2) is 0 Å². The second-order valence-electron chi connectivity index (χ2n) is 5.50. The van der Waals surface area contributed by atoms with Crippen LogP contribution in [0.4, 0.5) is 0 Å². The molecule has 0 radical (unpaired) electrons. The second-order valence-corrected chi connectivity index (χ2v) is 5.50. The molecule has 2 heterocycles. The van der Waals surface area contributed by atoms with E-state index < -0.39 is 0 Å². The van der Waals surface area contributed by atoms with E-state index >= 15 is 0 Å². The zero-order valence-electron chi connectivity index (χ0n) is 12.1. The minimum Gasteiger partial charge on any atom is -0.336 e. The number of rotatable bonds is 3. The number of nitrogens with zero attached hydrogens (tertiary/aromatic N) is 3. The van der Waals surface area contributed by atoms with Crippen LogP contribution in [0.1, 0.15) is 43.4 Å². The van der Waals surface area contributed by atoms with Crippen molar-refractivity contribution in [1.82, 2.24) is 14.7 Å². The number of carbonyl (C=O) groups is 1. The number of aromatic nitrogens is 2. The zero-order chi connectivity index (χ0) is 14.0. The van der Waals surface area contributed by atoms with Crippen LogP contribution in [-0.2, 0) is 13.0 Å². The predicted octanol–water partition coefficient (Wildman–Crippen LogP) is 1.27. The Kier molecular flexibility index (Phi) is 4.24. The van der Waals surface area contributed by atoms with E-state index in [1.165, 1.54) is 0 Å². The number of aryl methyl sites for hydroxylation is 2. The number of amides is 1. The fraction of sp³-hybridized carbons (Fsp3) is 0.714. The molecule has 1 aromatic heterocycles. The molecule has 1 amide bonds. The van der Waals surface area contributed by atoms with Crippen LogP contribution in [0, 0.1) is 5.92 Å². The van der Waals surface area contributed by atoms with E-state index in [4.69, 9.17) is 5.73 Å². The summed E-state index contributed by atoms with van der Waals surface area (Å²) in [4.78, 5) is 14.5. The molecule has 19 heavy (non-hydrogen) atoms. The number of piperidine rings is 1. The van der Waals surface area contributed by atoms with Crippen molar-refractivity contribution in [2.75, 3.05) is 13.1 Å². The van der Waals surface area contributed by atoms with Crippen LogP contribution < -0.4 is 5.73 Å². The molecule has 106 valence electrons. The van der Waals surface area contributed by atoms with E-state index in [2.05, 4.69) is 18.9 Å². The highest BCUT2D eigenvalue weighted by Crippen LogP contribution is 2.18. The third-order valence-electron chi connectivity index (χ3n) is 3.69. The van der Waals surface area contributed by atoms with E-state index in [9.17, 15) is 4.79 Å². The summed E-state index contributed by atoms with van der Waals surface area (Å²) in [6, 6.07) is 2.01. The van der Waals surface area contributed by atoms with Crippen LogP contribution in [-0.4, -0.2) is 39.7 Å². The first-order valence-corrected chi connectivity index (χ1v) is 7.16. The third-order valence-corrected chi connectivity index (χ3v) is 3.69. The lowest BCUT2D eigenvalue weighted by Gasteiger charge is -2.34. The molecule has 0 bridgehead atoms. The van der Waals surface area contributed by atoms with Gasteiger partial charge >= 0.3 is 0 Å². The largest absolute Gasteiger partial charge is 0.336 e. The SMILES string of the molecule is CCc1cc(C(=O)N2CC(C)CC(N)C2)n(CC)n1. The summed E-state index contributed by atoms with van der Waals surface area (Å²) in [6.07, 6.45) is 1.85. The van der Waals surface area contributed by atoms with Crippen molar-refractivity contribution in [2.45, 2.75) is 46.2 Å². The van der Waals surface area contributed by atoms with Crippen LogP contribution in [0.3, 0.4) is 0 Å². The predicted molar refractivity (Wildman–Crippen MR) is 74.9 cm³/mol. The van der Waals surface area contributed by atoms with Gasteiger partial charge in [-0.25, -0.2) is 0 Å². The number of hydrogen-bond acceptors (Lipinski definition) is 3. The molecule has 0 aromatic carbocycles. The van der Waals surface area contributed by atoms with E-state index in [0.717, 1.165) is 31.6 Å². The summed E-state index contributed by atoms with van der Waals surface area (Å²) in [6.45, 7) is 8.37. The van der Waals surface area contributed by atoms with Crippen LogP contribution in [0.25, 0.3) is 0 Å². The molecule has 2 rings (SSSR count). The third kappa shape index (κ3) is 2.97. The maximum absolute atomic E-state index is 12.6. The van der Waals surface area contributed by atoms with Crippen molar-refractivity contribution in [3.63, 3.8) is 0 Å². The van der Waals surface area contributed by atoms with Gasteiger partial charge in [-0.3, -0.25) is 9.48 Å². The van der Waals surface area contributed by atoms with Crippen molar-refractivity contribution in [2.24, 2.45) is 11.7 Å². The monoisotopic (exact) mass is 264 g/mol. The van der Waals surface area contributed by atoms with Gasteiger partial charge in [0.1, 0.15) is 5.69 Å². The molecule has 1 aromatic rings. The van der Waals surface area contributed by atoms with Crippen molar-refractivity contribution < 1.29 is 4.79 Å². The smallest absolute Gasteiger partial charge is 0.272 e. The van der Waals surface area contributed by atoms with E-state index in [1.807, 2.05) is 17.9 Å². The fourth-order valence-electron chi connectivity index (χ4n) is 2.78. The Morgan fingerprint density at radius 2 is 2.21 bits per heavy atom. The quantitative estimate of drug-likeness (QED) is 0.894. The molecule has 2 N–H and O–H groups in total. The number of carbonyl (C=O) groups excluding carboxylic acids is 1. The maximum Gasteiger partial charge on any atom is 0.272 e. The first-order valence-electron chi connectivity index (χ1n) is 7.16. The molecule has 0 spiro atoms. The normalized spacial score (nSPS) is 23.7. The standard InChI is InChI=1S/C14H24N4O/c1-4-12-7-13(18(5-2)16-12)14(19)17-8-10(3)6-11(15)9-17/h7,10-11H,4-6,8-9,15H2,1-3H3. The summed E-state index contributed by atoms with van der Waals surface area (Å²) in [7, 11) is 0. The number of hydrogen-bond donors (Lipinski definition) is 1. The molecule has 1 saturated heterocycles. The van der Waals surface area contributed by atoms with Gasteiger partial charge in [0.2, 0.25) is 0 Å². The topological polar surface area (TPSA) is 64.2 Å². The van der Waals surface area contributed by atoms with Gasteiger partial charge in [-0.1, -0.05) is 13.8 Å². The Bertz CT molecular complexity index is 444. The maximum atomic E-state index is 12.6. The van der Waals surface area contributed by atoms with Gasteiger partial charge in [-0.05, 0) is 31.7 Å². The Hall–Kier alpha value is -1.36. The van der Waals surface area contributed by atoms with Crippen molar-refractivity contribution in [3.05, 3.63) is 17.5 Å². The highest BCUT2D eigenvalue weighted by atomic mass is 16.2. The summed E-state index contributed by atoms with van der Waals surface area (Å²) >= 11 is 0. The second kappa shape index (κ2) is 5.74. The van der Waals surface area contributed by atoms with Gasteiger partial charge in [-0.2, -0.15) is 5.10 Å². The average Bonchev–Trinajstić information content (AvgIpc) is 2.80. The summed E-state index contributed by atoms with van der Waals surface area (Å²) in [5, 5.41) is 4.44. The van der Waals surface area contributed by atoms with Gasteiger partial charge < -0.3 is 10.6 Å². The average molecular weight is 264 g/mol. The van der Waals surface area contributed by atoms with Gasteiger partial charge in [-0.15, -0.1) is 0 Å². The van der Waals surface area contributed by atoms with Gasteiger partial charge in [0, 0.05) is 25.7 Å². The van der Waals surface area contributed by atoms with Gasteiger partial charge in [0.25, 0.3) is 5.91 Å². The molecule has 0 aliphatic carbocycles. The summed E-state index contributed by atoms with van der Waals surface area (Å²) in [5.41, 5.74) is 7.68. The molecular weight excluding hydrogens is 240 g/mol. The van der Waals surface area contributed by atoms with E-state index in [1.54, 1.807) is 4.68 Å². The molecule has 0 saturated carbocycles. The molecule has 1 fully saturated rings. The molecular formula is C14H24N4O. The highest BCUT2D eigenvalue weighted by molar-refractivity contribution is 5.92. The lowest BCUT2D eigenvalue weighted by Crippen LogP contribution is -2.49. The first kappa shape index (κ1) is 14.1. The van der Waals surface area contributed by atoms with Crippen LogP contribution in [0.2, 0.25) is 0 Å². The minimum atomic E-state index is 0.0658. The number of likely N-dealkylation sites (tertiary alicyclic amines) is 1. The van der Waals surface area contributed by atoms with E-state index in [0.29, 0.717) is 18.2 Å². The van der Waals surface area contributed by atoms with Crippen LogP contribution >= 0.6 is 0 Å². The van der Waals surface area contributed by atoms with Crippen molar-refractivity contribution in [3.8, 4) is 0 Å². The Balaban J connectivity index is 2.21. The molecule has 1 aliphatic rings. The lowest BCUT2D eigenvalue weighted by atomic mass is 9.96. The minimum absolute atomic E-state index is 0.0658. The summed E-state index contributed by atoms with van der Waals surface area (Å²) < 4.78 is 1.80. The van der Waals surface area contributed by atoms with E-state index in [-0.39, 0.29) is 11.9 Å². The first-order chi connectivity index (χ1) is 9.05. The molecule has 5 nitrogen and oxygen atoms in total. The van der Waals surface area contributed by atoms with Crippen LogP contribution in [0.5, 0.6) is 0 Å².